The number of carbonyl (C=O) groups is 2. The van der Waals surface area contributed by atoms with Crippen molar-refractivity contribution in [3.8, 4) is 0 Å². The molecule has 2 N–H and O–H groups in total. The van der Waals surface area contributed by atoms with E-state index in [9.17, 15) is 9.59 Å². The van der Waals surface area contributed by atoms with Crippen molar-refractivity contribution < 1.29 is 9.59 Å². The third kappa shape index (κ3) is 4.33. The summed E-state index contributed by atoms with van der Waals surface area (Å²) in [6.45, 7) is 6.63. The van der Waals surface area contributed by atoms with E-state index in [0.717, 1.165) is 45.3 Å². The van der Waals surface area contributed by atoms with Gasteiger partial charge < -0.3 is 15.5 Å². The Bertz CT molecular complexity index is 607. The minimum Gasteiger partial charge on any atom is -0.349 e. The molecule has 3 rings (SSSR count). The molecule has 1 saturated carbocycles. The quantitative estimate of drug-likeness (QED) is 0.863. The molecule has 136 valence electrons. The summed E-state index contributed by atoms with van der Waals surface area (Å²) in [6.07, 6.45) is 4.00. The SMILES string of the molecule is CC(C)CCNC(=O)N1CCC2(CC1)CC2NC(=O)c1ccccc1. The molecule has 1 spiro atoms. The molecular weight excluding hydrogens is 314 g/mol. The molecule has 2 aliphatic rings. The van der Waals surface area contributed by atoms with Crippen molar-refractivity contribution in [1.29, 1.82) is 0 Å². The van der Waals surface area contributed by atoms with Crippen molar-refractivity contribution in [1.82, 2.24) is 15.5 Å². The Morgan fingerprint density at radius 2 is 1.88 bits per heavy atom. The van der Waals surface area contributed by atoms with Gasteiger partial charge in [-0.25, -0.2) is 4.79 Å². The molecule has 0 bridgehead atoms. The number of hydrogen-bond acceptors (Lipinski definition) is 2. The summed E-state index contributed by atoms with van der Waals surface area (Å²) in [6, 6.07) is 9.68. The number of piperidine rings is 1. The first-order valence-electron chi connectivity index (χ1n) is 9.39. The van der Waals surface area contributed by atoms with Crippen molar-refractivity contribution in [2.45, 2.75) is 45.6 Å². The highest BCUT2D eigenvalue weighted by Gasteiger charge is 2.55. The maximum Gasteiger partial charge on any atom is 0.317 e. The largest absolute Gasteiger partial charge is 0.349 e. The van der Waals surface area contributed by atoms with Crippen LogP contribution in [0.25, 0.3) is 0 Å². The Kier molecular flexibility index (Phi) is 5.30. The maximum absolute atomic E-state index is 12.3. The van der Waals surface area contributed by atoms with E-state index in [4.69, 9.17) is 0 Å². The summed E-state index contributed by atoms with van der Waals surface area (Å²) in [4.78, 5) is 26.4. The molecular formula is C20H29N3O2. The van der Waals surface area contributed by atoms with E-state index in [1.165, 1.54) is 0 Å². The van der Waals surface area contributed by atoms with Crippen LogP contribution in [0.3, 0.4) is 0 Å². The monoisotopic (exact) mass is 343 g/mol. The topological polar surface area (TPSA) is 61.4 Å². The van der Waals surface area contributed by atoms with Crippen LogP contribution in [0.4, 0.5) is 4.79 Å². The van der Waals surface area contributed by atoms with Gasteiger partial charge in [0.2, 0.25) is 0 Å². The van der Waals surface area contributed by atoms with E-state index in [0.29, 0.717) is 11.5 Å². The smallest absolute Gasteiger partial charge is 0.317 e. The van der Waals surface area contributed by atoms with Crippen LogP contribution in [-0.2, 0) is 0 Å². The highest BCUT2D eigenvalue weighted by molar-refractivity contribution is 5.94. The highest BCUT2D eigenvalue weighted by atomic mass is 16.2. The molecule has 1 aliphatic carbocycles. The van der Waals surface area contributed by atoms with Crippen LogP contribution >= 0.6 is 0 Å². The third-order valence-corrected chi connectivity index (χ3v) is 5.58. The number of nitrogens with one attached hydrogen (secondary N) is 2. The number of rotatable bonds is 5. The molecule has 1 atom stereocenters. The predicted octanol–water partition coefficient (Wildman–Crippen LogP) is 3.03. The summed E-state index contributed by atoms with van der Waals surface area (Å²) in [5.74, 6) is 0.613. The molecule has 25 heavy (non-hydrogen) atoms. The lowest BCUT2D eigenvalue weighted by Crippen LogP contribution is -2.46. The number of hydrogen-bond donors (Lipinski definition) is 2. The first kappa shape index (κ1) is 17.8. The lowest BCUT2D eigenvalue weighted by molar-refractivity contribution is 0.0936. The molecule has 0 aromatic heterocycles. The van der Waals surface area contributed by atoms with Crippen molar-refractivity contribution in [2.24, 2.45) is 11.3 Å². The molecule has 1 aliphatic heterocycles. The zero-order chi connectivity index (χ0) is 17.9. The standard InChI is InChI=1S/C20H29N3O2/c1-15(2)8-11-21-19(25)23-12-9-20(10-13-23)14-17(20)22-18(24)16-6-4-3-5-7-16/h3-7,15,17H,8-14H2,1-2H3,(H,21,25)(H,22,24). The van der Waals surface area contributed by atoms with Crippen LogP contribution in [0, 0.1) is 11.3 Å². The van der Waals surface area contributed by atoms with E-state index in [-0.39, 0.29) is 23.4 Å². The summed E-state index contributed by atoms with van der Waals surface area (Å²) in [7, 11) is 0. The van der Waals surface area contributed by atoms with Crippen molar-refractivity contribution in [3.05, 3.63) is 35.9 Å². The lowest BCUT2D eigenvalue weighted by Gasteiger charge is -2.33. The van der Waals surface area contributed by atoms with Gasteiger partial charge in [-0.2, -0.15) is 0 Å². The molecule has 3 amide bonds. The minimum atomic E-state index is 0.0105. The minimum absolute atomic E-state index is 0.0105. The van der Waals surface area contributed by atoms with Crippen LogP contribution < -0.4 is 10.6 Å². The number of benzene rings is 1. The van der Waals surface area contributed by atoms with Gasteiger partial charge in [0.05, 0.1) is 0 Å². The first-order valence-corrected chi connectivity index (χ1v) is 9.39. The highest BCUT2D eigenvalue weighted by Crippen LogP contribution is 2.53. The Labute approximate surface area is 150 Å². The summed E-state index contributed by atoms with van der Waals surface area (Å²) >= 11 is 0. The van der Waals surface area contributed by atoms with Crippen LogP contribution in [0.2, 0.25) is 0 Å². The zero-order valence-corrected chi connectivity index (χ0v) is 15.3. The van der Waals surface area contributed by atoms with Crippen LogP contribution in [0.15, 0.2) is 30.3 Å². The van der Waals surface area contributed by atoms with E-state index in [1.807, 2.05) is 35.2 Å². The molecule has 1 unspecified atom stereocenters. The van der Waals surface area contributed by atoms with E-state index < -0.39 is 0 Å². The van der Waals surface area contributed by atoms with E-state index in [2.05, 4.69) is 24.5 Å². The fraction of sp³-hybridized carbons (Fsp3) is 0.600. The number of urea groups is 1. The number of amides is 3. The third-order valence-electron chi connectivity index (χ3n) is 5.58. The van der Waals surface area contributed by atoms with E-state index in [1.54, 1.807) is 0 Å². The summed E-state index contributed by atoms with van der Waals surface area (Å²) < 4.78 is 0. The first-order chi connectivity index (χ1) is 12.0. The van der Waals surface area contributed by atoms with Gasteiger partial charge in [0.1, 0.15) is 0 Å². The molecule has 5 heteroatoms. The van der Waals surface area contributed by atoms with Crippen LogP contribution in [0.1, 0.15) is 49.9 Å². The Morgan fingerprint density at radius 1 is 1.20 bits per heavy atom. The Balaban J connectivity index is 1.42. The van der Waals surface area contributed by atoms with Crippen molar-refractivity contribution in [2.75, 3.05) is 19.6 Å². The van der Waals surface area contributed by atoms with Gasteiger partial charge in [0.15, 0.2) is 0 Å². The fourth-order valence-electron chi connectivity index (χ4n) is 3.67. The second-order valence-corrected chi connectivity index (χ2v) is 7.86. The maximum atomic E-state index is 12.3. The van der Waals surface area contributed by atoms with Gasteiger partial charge in [0.25, 0.3) is 5.91 Å². The van der Waals surface area contributed by atoms with Crippen molar-refractivity contribution >= 4 is 11.9 Å². The second kappa shape index (κ2) is 7.46. The number of likely N-dealkylation sites (tertiary alicyclic amines) is 1. The molecule has 1 aromatic rings. The molecule has 1 heterocycles. The van der Waals surface area contributed by atoms with Gasteiger partial charge >= 0.3 is 6.03 Å². The molecule has 2 fully saturated rings. The van der Waals surface area contributed by atoms with Gasteiger partial charge in [-0.15, -0.1) is 0 Å². The number of carbonyl (C=O) groups excluding carboxylic acids is 2. The molecule has 1 saturated heterocycles. The van der Waals surface area contributed by atoms with Gasteiger partial charge in [0, 0.05) is 31.2 Å². The Morgan fingerprint density at radius 3 is 2.52 bits per heavy atom. The lowest BCUT2D eigenvalue weighted by atomic mass is 9.92. The fourth-order valence-corrected chi connectivity index (χ4v) is 3.67. The van der Waals surface area contributed by atoms with E-state index >= 15 is 0 Å². The average molecular weight is 343 g/mol. The Hall–Kier alpha value is -2.04. The zero-order valence-electron chi connectivity index (χ0n) is 15.3. The molecule has 5 nitrogen and oxygen atoms in total. The summed E-state index contributed by atoms with van der Waals surface area (Å²) in [5, 5.41) is 6.18. The normalized spacial score (nSPS) is 21.2. The van der Waals surface area contributed by atoms with Crippen LogP contribution in [-0.4, -0.2) is 42.5 Å². The van der Waals surface area contributed by atoms with Crippen LogP contribution in [0.5, 0.6) is 0 Å². The average Bonchev–Trinajstić information content (AvgIpc) is 3.26. The molecule has 0 radical (unpaired) electrons. The second-order valence-electron chi connectivity index (χ2n) is 7.86. The molecule has 1 aromatic carbocycles. The van der Waals surface area contributed by atoms with Gasteiger partial charge in [-0.3, -0.25) is 4.79 Å². The van der Waals surface area contributed by atoms with Gasteiger partial charge in [-0.1, -0.05) is 32.0 Å². The summed E-state index contributed by atoms with van der Waals surface area (Å²) in [5.41, 5.74) is 0.922. The number of nitrogens with zero attached hydrogens (tertiary/aromatic N) is 1. The van der Waals surface area contributed by atoms with Crippen molar-refractivity contribution in [3.63, 3.8) is 0 Å². The predicted molar refractivity (Wildman–Crippen MR) is 98.4 cm³/mol. The van der Waals surface area contributed by atoms with Gasteiger partial charge in [-0.05, 0) is 49.1 Å².